The van der Waals surface area contributed by atoms with Crippen molar-refractivity contribution in [2.24, 2.45) is 11.3 Å². The van der Waals surface area contributed by atoms with Crippen molar-refractivity contribution >= 4 is 11.9 Å². The second-order valence-corrected chi connectivity index (χ2v) is 5.15. The molecule has 1 aliphatic rings. The molecule has 1 fully saturated rings. The summed E-state index contributed by atoms with van der Waals surface area (Å²) in [7, 11) is 0. The summed E-state index contributed by atoms with van der Waals surface area (Å²) in [6.45, 7) is 8.41. The lowest BCUT2D eigenvalue weighted by Crippen LogP contribution is -2.43. The van der Waals surface area contributed by atoms with Gasteiger partial charge in [0.05, 0.1) is 18.6 Å². The Morgan fingerprint density at radius 1 is 1.22 bits per heavy atom. The monoisotopic (exact) mass is 329 g/mol. The first kappa shape index (κ1) is 19.3. The Bertz CT molecular complexity index is 440. The van der Waals surface area contributed by atoms with Gasteiger partial charge in [-0.15, -0.1) is 6.58 Å². The van der Waals surface area contributed by atoms with Gasteiger partial charge in [-0.25, -0.2) is 10.7 Å². The molecular formula is C15H23NO7. The first-order chi connectivity index (χ1) is 11.0. The highest BCUT2D eigenvalue weighted by molar-refractivity contribution is 5.81. The molecule has 0 radical (unpaired) electrons. The maximum Gasteiger partial charge on any atom is 0.330 e. The van der Waals surface area contributed by atoms with E-state index in [1.807, 2.05) is 0 Å². The molecule has 8 nitrogen and oxygen atoms in total. The summed E-state index contributed by atoms with van der Waals surface area (Å²) in [4.78, 5) is 27.4. The number of hydrogen-bond acceptors (Lipinski definition) is 8. The molecule has 3 unspecified atom stereocenters. The van der Waals surface area contributed by atoms with Gasteiger partial charge in [-0.2, -0.15) is 0 Å². The fraction of sp³-hybridized carbons (Fsp3) is 0.600. The Kier molecular flexibility index (Phi) is 7.90. The molecule has 3 atom stereocenters. The van der Waals surface area contributed by atoms with Crippen molar-refractivity contribution in [3.63, 3.8) is 0 Å². The summed E-state index contributed by atoms with van der Waals surface area (Å²) in [6.07, 6.45) is 2.25. The molecule has 8 heteroatoms. The molecular weight excluding hydrogens is 306 g/mol. The van der Waals surface area contributed by atoms with Crippen LogP contribution in [0, 0.1) is 5.41 Å². The summed E-state index contributed by atoms with van der Waals surface area (Å²) < 4.78 is 21.0. The third-order valence-corrected chi connectivity index (χ3v) is 3.17. The van der Waals surface area contributed by atoms with Gasteiger partial charge in [0.2, 0.25) is 0 Å². The quantitative estimate of drug-likeness (QED) is 0.181. The number of carbonyl (C=O) groups excluding carboxylic acids is 2. The topological polar surface area (TPSA) is 110 Å². The van der Waals surface area contributed by atoms with Gasteiger partial charge < -0.3 is 23.8 Å². The van der Waals surface area contributed by atoms with E-state index in [2.05, 4.69) is 13.2 Å². The maximum atomic E-state index is 11.4. The molecule has 0 spiro atoms. The molecule has 2 N–H and O–H groups in total. The van der Waals surface area contributed by atoms with E-state index in [0.29, 0.717) is 0 Å². The van der Waals surface area contributed by atoms with E-state index in [1.54, 1.807) is 13.0 Å². The summed E-state index contributed by atoms with van der Waals surface area (Å²) in [5.41, 5.74) is -0.948. The molecule has 1 heterocycles. The van der Waals surface area contributed by atoms with Crippen LogP contribution in [0.4, 0.5) is 0 Å². The Balaban J connectivity index is 2.70. The number of hydrogen-bond donors (Lipinski definition) is 1. The molecule has 0 aliphatic carbocycles. The number of carbonyl (C=O) groups is 2. The molecule has 0 saturated carbocycles. The predicted octanol–water partition coefficient (Wildman–Crippen LogP) is 0.473. The van der Waals surface area contributed by atoms with Crippen molar-refractivity contribution < 1.29 is 33.4 Å². The first-order valence-corrected chi connectivity index (χ1v) is 7.16. The van der Waals surface area contributed by atoms with Gasteiger partial charge in [0, 0.05) is 12.5 Å². The van der Waals surface area contributed by atoms with Crippen LogP contribution in [0.2, 0.25) is 0 Å². The highest BCUT2D eigenvalue weighted by Gasteiger charge is 2.42. The zero-order valence-corrected chi connectivity index (χ0v) is 13.2. The molecule has 1 saturated heterocycles. The molecule has 0 aromatic rings. The van der Waals surface area contributed by atoms with Crippen LogP contribution in [0.15, 0.2) is 25.3 Å². The van der Waals surface area contributed by atoms with Gasteiger partial charge >= 0.3 is 11.9 Å². The average molecular weight is 329 g/mol. The minimum Gasteiger partial charge on any atom is -0.465 e. The SMILES string of the molecule is C=CC(=O)OCC(CON)(COC(=O)CC)COC1OC1C=C. The lowest BCUT2D eigenvalue weighted by molar-refractivity contribution is -0.162. The number of esters is 2. The largest absolute Gasteiger partial charge is 0.465 e. The number of epoxide rings is 1. The van der Waals surface area contributed by atoms with Crippen LogP contribution in [-0.2, 0) is 33.4 Å². The summed E-state index contributed by atoms with van der Waals surface area (Å²) in [5.74, 6) is 4.16. The second kappa shape index (κ2) is 9.41. The van der Waals surface area contributed by atoms with Gasteiger partial charge in [0.25, 0.3) is 0 Å². The van der Waals surface area contributed by atoms with Gasteiger partial charge in [-0.3, -0.25) is 4.79 Å². The highest BCUT2D eigenvalue weighted by atomic mass is 16.8. The maximum absolute atomic E-state index is 11.4. The van der Waals surface area contributed by atoms with Crippen molar-refractivity contribution in [3.05, 3.63) is 25.3 Å². The molecule has 0 bridgehead atoms. The number of nitrogens with two attached hydrogens (primary N) is 1. The van der Waals surface area contributed by atoms with Crippen molar-refractivity contribution in [2.45, 2.75) is 25.7 Å². The molecule has 1 aliphatic heterocycles. The van der Waals surface area contributed by atoms with Crippen molar-refractivity contribution in [3.8, 4) is 0 Å². The van der Waals surface area contributed by atoms with Gasteiger partial charge in [0.1, 0.15) is 19.3 Å². The second-order valence-electron chi connectivity index (χ2n) is 5.15. The third kappa shape index (κ3) is 6.49. The normalized spacial score (nSPS) is 21.8. The summed E-state index contributed by atoms with van der Waals surface area (Å²) in [6, 6.07) is 0. The van der Waals surface area contributed by atoms with Crippen LogP contribution >= 0.6 is 0 Å². The van der Waals surface area contributed by atoms with Crippen LogP contribution in [0.3, 0.4) is 0 Å². The van der Waals surface area contributed by atoms with Crippen LogP contribution in [0.1, 0.15) is 13.3 Å². The first-order valence-electron chi connectivity index (χ1n) is 7.16. The smallest absolute Gasteiger partial charge is 0.330 e. The van der Waals surface area contributed by atoms with E-state index >= 15 is 0 Å². The zero-order valence-electron chi connectivity index (χ0n) is 13.2. The van der Waals surface area contributed by atoms with Crippen LogP contribution in [-0.4, -0.2) is 50.8 Å². The predicted molar refractivity (Wildman–Crippen MR) is 79.8 cm³/mol. The molecule has 130 valence electrons. The van der Waals surface area contributed by atoms with Crippen molar-refractivity contribution in [1.29, 1.82) is 0 Å². The van der Waals surface area contributed by atoms with E-state index in [-0.39, 0.29) is 39.0 Å². The number of ether oxygens (including phenoxy) is 4. The van der Waals surface area contributed by atoms with Crippen LogP contribution in [0.25, 0.3) is 0 Å². The van der Waals surface area contributed by atoms with E-state index in [1.165, 1.54) is 0 Å². The molecule has 0 amide bonds. The van der Waals surface area contributed by atoms with Gasteiger partial charge in [0.15, 0.2) is 6.29 Å². The van der Waals surface area contributed by atoms with Crippen LogP contribution < -0.4 is 5.90 Å². The van der Waals surface area contributed by atoms with Crippen molar-refractivity contribution in [1.82, 2.24) is 0 Å². The van der Waals surface area contributed by atoms with Crippen LogP contribution in [0.5, 0.6) is 0 Å². The zero-order chi connectivity index (χ0) is 17.3. The van der Waals surface area contributed by atoms with Crippen molar-refractivity contribution in [2.75, 3.05) is 26.4 Å². The minimum atomic E-state index is -0.948. The fourth-order valence-electron chi connectivity index (χ4n) is 1.71. The molecule has 0 aromatic carbocycles. The standard InChI is InChI=1S/C15H23NO7/c1-4-11-14(23-11)21-9-15(10-22-16,7-19-12(17)5-2)8-20-13(18)6-3/h4-5,11,14H,1-2,6-10,16H2,3H3. The molecule has 1 rings (SSSR count). The van der Waals surface area contributed by atoms with E-state index in [9.17, 15) is 9.59 Å². The fourth-order valence-corrected chi connectivity index (χ4v) is 1.71. The van der Waals surface area contributed by atoms with E-state index in [4.69, 9.17) is 29.7 Å². The third-order valence-electron chi connectivity index (χ3n) is 3.17. The Morgan fingerprint density at radius 3 is 2.43 bits per heavy atom. The highest BCUT2D eigenvalue weighted by Crippen LogP contribution is 2.28. The number of rotatable bonds is 12. The van der Waals surface area contributed by atoms with Gasteiger partial charge in [-0.1, -0.05) is 19.6 Å². The Hall–Kier alpha value is -1.74. The minimum absolute atomic E-state index is 0.0418. The lowest BCUT2D eigenvalue weighted by Gasteiger charge is -2.30. The average Bonchev–Trinajstić information content (AvgIpc) is 3.34. The van der Waals surface area contributed by atoms with Gasteiger partial charge in [-0.05, 0) is 0 Å². The molecule has 0 aromatic heterocycles. The van der Waals surface area contributed by atoms with E-state index < -0.39 is 23.6 Å². The summed E-state index contributed by atoms with van der Waals surface area (Å²) in [5, 5.41) is 0. The van der Waals surface area contributed by atoms with E-state index in [0.717, 1.165) is 6.08 Å². The Morgan fingerprint density at radius 2 is 1.91 bits per heavy atom. The molecule has 23 heavy (non-hydrogen) atoms. The lowest BCUT2D eigenvalue weighted by atomic mass is 9.92. The summed E-state index contributed by atoms with van der Waals surface area (Å²) >= 11 is 0. The Labute approximate surface area is 135 Å².